The van der Waals surface area contributed by atoms with Gasteiger partial charge in [-0.2, -0.15) is 0 Å². The molecule has 1 nitrogen and oxygen atoms in total. The zero-order valence-electron chi connectivity index (χ0n) is 5.82. The molecule has 0 aliphatic heterocycles. The van der Waals surface area contributed by atoms with Gasteiger partial charge in [-0.1, -0.05) is 25.8 Å². The van der Waals surface area contributed by atoms with Gasteiger partial charge in [0.25, 0.3) is 0 Å². The van der Waals surface area contributed by atoms with Crippen LogP contribution in [0.3, 0.4) is 0 Å². The van der Waals surface area contributed by atoms with Crippen molar-refractivity contribution >= 4 is 0 Å². The van der Waals surface area contributed by atoms with Gasteiger partial charge in [0.2, 0.25) is 0 Å². The molecule has 50 valence electrons. The van der Waals surface area contributed by atoms with Gasteiger partial charge in [0.15, 0.2) is 0 Å². The molecular weight excluding hydrogens is 98.1 g/mol. The van der Waals surface area contributed by atoms with Crippen molar-refractivity contribution in [2.45, 2.75) is 32.6 Å². The van der Waals surface area contributed by atoms with Crippen molar-refractivity contribution in [2.75, 3.05) is 0 Å². The Balaban J connectivity index is 0. The quantitative estimate of drug-likeness (QED) is 0.443. The van der Waals surface area contributed by atoms with Crippen LogP contribution in [0.2, 0.25) is 0 Å². The first kappa shape index (κ1) is 10.6. The number of rotatable bonds is 4. The van der Waals surface area contributed by atoms with Crippen LogP contribution in [-0.4, -0.2) is 0 Å². The molecule has 0 fully saturated rings. The highest BCUT2D eigenvalue weighted by Gasteiger charge is 1.77. The summed E-state index contributed by atoms with van der Waals surface area (Å²) in [4.78, 5) is 0. The van der Waals surface area contributed by atoms with E-state index in [9.17, 15) is 0 Å². The summed E-state index contributed by atoms with van der Waals surface area (Å²) in [6, 6.07) is 0. The third kappa shape index (κ3) is 9.20. The molecule has 0 unspecified atom stereocenters. The smallest absolute Gasteiger partial charge is 0.0353 e. The first-order valence-electron chi connectivity index (χ1n) is 3.02. The SMILES string of the molecule is C=CCCCCC.N. The summed E-state index contributed by atoms with van der Waals surface area (Å²) in [6.07, 6.45) is 7.16. The highest BCUT2D eigenvalue weighted by molar-refractivity contribution is 4.64. The molecule has 0 aromatic heterocycles. The van der Waals surface area contributed by atoms with Crippen molar-refractivity contribution in [3.8, 4) is 0 Å². The molecular formula is C7H17N. The van der Waals surface area contributed by atoms with Crippen molar-refractivity contribution in [3.05, 3.63) is 12.7 Å². The van der Waals surface area contributed by atoms with E-state index in [-0.39, 0.29) is 6.15 Å². The van der Waals surface area contributed by atoms with E-state index in [4.69, 9.17) is 0 Å². The Morgan fingerprint density at radius 2 is 2.00 bits per heavy atom. The van der Waals surface area contributed by atoms with Gasteiger partial charge in [0.1, 0.15) is 0 Å². The Morgan fingerprint density at radius 1 is 1.38 bits per heavy atom. The molecule has 0 aliphatic carbocycles. The van der Waals surface area contributed by atoms with Crippen LogP contribution in [0.25, 0.3) is 0 Å². The van der Waals surface area contributed by atoms with Gasteiger partial charge in [0.05, 0.1) is 0 Å². The van der Waals surface area contributed by atoms with Crippen LogP contribution in [0.4, 0.5) is 0 Å². The molecule has 0 heterocycles. The van der Waals surface area contributed by atoms with Gasteiger partial charge in [-0.25, -0.2) is 0 Å². The molecule has 0 rings (SSSR count). The van der Waals surface area contributed by atoms with E-state index < -0.39 is 0 Å². The summed E-state index contributed by atoms with van der Waals surface area (Å²) in [5.41, 5.74) is 0. The van der Waals surface area contributed by atoms with Crippen molar-refractivity contribution in [2.24, 2.45) is 0 Å². The third-order valence-corrected chi connectivity index (χ3v) is 1.01. The minimum Gasteiger partial charge on any atom is -0.344 e. The molecule has 0 bridgehead atoms. The highest BCUT2D eigenvalue weighted by Crippen LogP contribution is 1.97. The van der Waals surface area contributed by atoms with Crippen molar-refractivity contribution in [3.63, 3.8) is 0 Å². The van der Waals surface area contributed by atoms with Gasteiger partial charge < -0.3 is 6.15 Å². The van der Waals surface area contributed by atoms with E-state index in [0.29, 0.717) is 0 Å². The molecule has 1 heteroatoms. The minimum absolute atomic E-state index is 0. The van der Waals surface area contributed by atoms with Gasteiger partial charge in [-0.05, 0) is 12.8 Å². The summed E-state index contributed by atoms with van der Waals surface area (Å²) in [6.45, 7) is 5.84. The Kier molecular flexibility index (Phi) is 13.1. The second-order valence-electron chi connectivity index (χ2n) is 1.78. The molecule has 0 atom stereocenters. The zero-order chi connectivity index (χ0) is 5.54. The van der Waals surface area contributed by atoms with Crippen molar-refractivity contribution in [1.82, 2.24) is 6.15 Å². The van der Waals surface area contributed by atoms with Crippen LogP contribution in [0.5, 0.6) is 0 Å². The lowest BCUT2D eigenvalue weighted by atomic mass is 10.2. The van der Waals surface area contributed by atoms with Gasteiger partial charge >= 0.3 is 0 Å². The lowest BCUT2D eigenvalue weighted by Crippen LogP contribution is -1.67. The molecule has 0 aliphatic rings. The average Bonchev–Trinajstić information content (AvgIpc) is 1.69. The Morgan fingerprint density at radius 3 is 2.38 bits per heavy atom. The Bertz CT molecular complexity index is 41.7. The molecule has 8 heavy (non-hydrogen) atoms. The second-order valence-corrected chi connectivity index (χ2v) is 1.78. The molecule has 0 aromatic carbocycles. The third-order valence-electron chi connectivity index (χ3n) is 1.01. The van der Waals surface area contributed by atoms with E-state index in [1.54, 1.807) is 0 Å². The number of hydrogen-bond acceptors (Lipinski definition) is 1. The van der Waals surface area contributed by atoms with Crippen molar-refractivity contribution < 1.29 is 0 Å². The van der Waals surface area contributed by atoms with Crippen molar-refractivity contribution in [1.29, 1.82) is 0 Å². The lowest BCUT2D eigenvalue weighted by molar-refractivity contribution is 0.730. The molecule has 0 amide bonds. The lowest BCUT2D eigenvalue weighted by Gasteiger charge is -1.87. The fourth-order valence-electron chi connectivity index (χ4n) is 0.539. The van der Waals surface area contributed by atoms with Gasteiger partial charge in [-0.15, -0.1) is 6.58 Å². The summed E-state index contributed by atoms with van der Waals surface area (Å²) in [5, 5.41) is 0. The van der Waals surface area contributed by atoms with E-state index in [1.807, 2.05) is 6.08 Å². The van der Waals surface area contributed by atoms with Crippen LogP contribution in [-0.2, 0) is 0 Å². The largest absolute Gasteiger partial charge is 0.344 e. The normalized spacial score (nSPS) is 7.62. The summed E-state index contributed by atoms with van der Waals surface area (Å²) in [5.74, 6) is 0. The van der Waals surface area contributed by atoms with Crippen LogP contribution in [0.15, 0.2) is 12.7 Å². The van der Waals surface area contributed by atoms with E-state index >= 15 is 0 Å². The van der Waals surface area contributed by atoms with Gasteiger partial charge in [0, 0.05) is 0 Å². The summed E-state index contributed by atoms with van der Waals surface area (Å²) < 4.78 is 0. The number of unbranched alkanes of at least 4 members (excludes halogenated alkanes) is 3. The molecule has 0 radical (unpaired) electrons. The molecule has 0 saturated carbocycles. The van der Waals surface area contributed by atoms with Crippen LogP contribution in [0.1, 0.15) is 32.6 Å². The average molecular weight is 115 g/mol. The zero-order valence-corrected chi connectivity index (χ0v) is 5.82. The maximum absolute atomic E-state index is 3.63. The van der Waals surface area contributed by atoms with Crippen LogP contribution in [0, 0.1) is 0 Å². The maximum Gasteiger partial charge on any atom is -0.0353 e. The molecule has 3 N–H and O–H groups in total. The second kappa shape index (κ2) is 9.85. The molecule has 0 spiro atoms. The number of allylic oxidation sites excluding steroid dienone is 1. The maximum atomic E-state index is 3.63. The fraction of sp³-hybridized carbons (Fsp3) is 0.714. The number of hydrogen-bond donors (Lipinski definition) is 1. The Labute approximate surface area is 52.4 Å². The predicted molar refractivity (Wildman–Crippen MR) is 39.4 cm³/mol. The van der Waals surface area contributed by atoms with Crippen LogP contribution >= 0.6 is 0 Å². The first-order valence-corrected chi connectivity index (χ1v) is 3.02. The van der Waals surface area contributed by atoms with E-state index in [2.05, 4.69) is 13.5 Å². The molecule has 0 aromatic rings. The highest BCUT2D eigenvalue weighted by atomic mass is 14.0. The summed E-state index contributed by atoms with van der Waals surface area (Å²) >= 11 is 0. The fourth-order valence-corrected chi connectivity index (χ4v) is 0.539. The predicted octanol–water partition coefficient (Wildman–Crippen LogP) is 2.91. The van der Waals surface area contributed by atoms with Gasteiger partial charge in [-0.3, -0.25) is 0 Å². The van der Waals surface area contributed by atoms with E-state index in [1.165, 1.54) is 25.7 Å². The van der Waals surface area contributed by atoms with Crippen LogP contribution < -0.4 is 6.15 Å². The molecule has 0 saturated heterocycles. The first-order chi connectivity index (χ1) is 3.41. The van der Waals surface area contributed by atoms with E-state index in [0.717, 1.165) is 0 Å². The standard InChI is InChI=1S/C7H14.H3N/c1-3-5-7-6-4-2;/h3H,1,4-7H2,2H3;1H3. The monoisotopic (exact) mass is 115 g/mol. The Hall–Kier alpha value is -0.300. The minimum atomic E-state index is 0. The topological polar surface area (TPSA) is 35.0 Å². The summed E-state index contributed by atoms with van der Waals surface area (Å²) in [7, 11) is 0.